The molecule has 0 heterocycles. The molecule has 19 heavy (non-hydrogen) atoms. The molecule has 1 fully saturated rings. The van der Waals surface area contributed by atoms with Gasteiger partial charge >= 0.3 is 0 Å². The minimum Gasteiger partial charge on any atom is -0.381 e. The Morgan fingerprint density at radius 3 is 2.89 bits per heavy atom. The summed E-state index contributed by atoms with van der Waals surface area (Å²) in [5, 5.41) is 8.78. The van der Waals surface area contributed by atoms with Crippen molar-refractivity contribution in [3.63, 3.8) is 0 Å². The minimum atomic E-state index is -0.483. The number of ether oxygens (including phenoxy) is 2. The second-order valence-corrected chi connectivity index (χ2v) is 4.88. The van der Waals surface area contributed by atoms with Crippen LogP contribution in [-0.4, -0.2) is 19.3 Å². The standard InChI is InChI=1S/C15H18FNO2/c1-18-13-3-2-4-14(8-13)19-10-11-5-6-15(16)12(7-11)9-17/h5-7,13-14H,2-4,8,10H2,1H3. The topological polar surface area (TPSA) is 42.2 Å². The highest BCUT2D eigenvalue weighted by Crippen LogP contribution is 2.24. The smallest absolute Gasteiger partial charge is 0.140 e. The monoisotopic (exact) mass is 263 g/mol. The normalized spacial score (nSPS) is 23.0. The third-order valence-corrected chi connectivity index (χ3v) is 3.55. The Labute approximate surface area is 112 Å². The Hall–Kier alpha value is -1.44. The number of methoxy groups -OCH3 is 1. The van der Waals surface area contributed by atoms with E-state index in [0.717, 1.165) is 31.2 Å². The molecule has 0 amide bonds. The Bertz CT molecular complexity index is 470. The van der Waals surface area contributed by atoms with E-state index in [-0.39, 0.29) is 17.8 Å². The van der Waals surface area contributed by atoms with E-state index in [4.69, 9.17) is 14.7 Å². The maximum absolute atomic E-state index is 13.2. The summed E-state index contributed by atoms with van der Waals surface area (Å²) in [7, 11) is 1.73. The van der Waals surface area contributed by atoms with E-state index >= 15 is 0 Å². The molecule has 1 aromatic rings. The molecule has 0 bridgehead atoms. The van der Waals surface area contributed by atoms with E-state index < -0.39 is 5.82 Å². The highest BCUT2D eigenvalue weighted by molar-refractivity contribution is 5.34. The lowest BCUT2D eigenvalue weighted by molar-refractivity contribution is -0.0363. The SMILES string of the molecule is COC1CCCC(OCc2ccc(F)c(C#N)c2)C1. The van der Waals surface area contributed by atoms with Crippen molar-refractivity contribution >= 4 is 0 Å². The first-order chi connectivity index (χ1) is 9.22. The first-order valence-corrected chi connectivity index (χ1v) is 6.56. The van der Waals surface area contributed by atoms with Crippen molar-refractivity contribution in [2.45, 2.75) is 44.5 Å². The van der Waals surface area contributed by atoms with Gasteiger partial charge in [-0.3, -0.25) is 0 Å². The van der Waals surface area contributed by atoms with Gasteiger partial charge in [0.25, 0.3) is 0 Å². The fraction of sp³-hybridized carbons (Fsp3) is 0.533. The van der Waals surface area contributed by atoms with Gasteiger partial charge in [-0.05, 0) is 43.4 Å². The van der Waals surface area contributed by atoms with Crippen LogP contribution in [0.2, 0.25) is 0 Å². The summed E-state index contributed by atoms with van der Waals surface area (Å²) in [5.74, 6) is -0.483. The largest absolute Gasteiger partial charge is 0.381 e. The first-order valence-electron chi connectivity index (χ1n) is 6.56. The van der Waals surface area contributed by atoms with Gasteiger partial charge in [0.05, 0.1) is 24.4 Å². The Kier molecular flexibility index (Phi) is 4.89. The molecule has 0 spiro atoms. The van der Waals surface area contributed by atoms with Crippen LogP contribution in [0.1, 0.15) is 36.8 Å². The maximum atomic E-state index is 13.2. The summed E-state index contributed by atoms with van der Waals surface area (Å²) in [5.41, 5.74) is 0.900. The number of benzene rings is 1. The molecule has 3 nitrogen and oxygen atoms in total. The van der Waals surface area contributed by atoms with Crippen LogP contribution in [-0.2, 0) is 16.1 Å². The highest BCUT2D eigenvalue weighted by atomic mass is 19.1. The Balaban J connectivity index is 1.90. The summed E-state index contributed by atoms with van der Waals surface area (Å²) in [4.78, 5) is 0. The summed E-state index contributed by atoms with van der Waals surface area (Å²) < 4.78 is 24.4. The van der Waals surface area contributed by atoms with E-state index in [2.05, 4.69) is 0 Å². The van der Waals surface area contributed by atoms with Crippen LogP contribution < -0.4 is 0 Å². The van der Waals surface area contributed by atoms with E-state index in [1.54, 1.807) is 19.2 Å². The molecule has 1 aliphatic carbocycles. The fourth-order valence-corrected chi connectivity index (χ4v) is 2.43. The zero-order valence-corrected chi connectivity index (χ0v) is 11.1. The molecular formula is C15H18FNO2. The van der Waals surface area contributed by atoms with Gasteiger partial charge in [-0.15, -0.1) is 0 Å². The van der Waals surface area contributed by atoms with Crippen molar-refractivity contribution in [1.82, 2.24) is 0 Å². The fourth-order valence-electron chi connectivity index (χ4n) is 2.43. The first kappa shape index (κ1) is 14.0. The van der Waals surface area contributed by atoms with Crippen molar-refractivity contribution in [2.75, 3.05) is 7.11 Å². The molecule has 1 aromatic carbocycles. The number of nitrogens with zero attached hydrogens (tertiary/aromatic N) is 1. The zero-order valence-electron chi connectivity index (χ0n) is 11.1. The number of hydrogen-bond donors (Lipinski definition) is 0. The van der Waals surface area contributed by atoms with Crippen molar-refractivity contribution in [3.8, 4) is 6.07 Å². The lowest BCUT2D eigenvalue weighted by atomic mass is 9.95. The molecule has 0 N–H and O–H groups in total. The van der Waals surface area contributed by atoms with Gasteiger partial charge in [0.1, 0.15) is 11.9 Å². The van der Waals surface area contributed by atoms with Gasteiger partial charge in [-0.1, -0.05) is 6.07 Å². The molecule has 2 atom stereocenters. The van der Waals surface area contributed by atoms with Crippen molar-refractivity contribution in [2.24, 2.45) is 0 Å². The van der Waals surface area contributed by atoms with Gasteiger partial charge in [0, 0.05) is 7.11 Å². The van der Waals surface area contributed by atoms with Crippen LogP contribution in [0.4, 0.5) is 4.39 Å². The van der Waals surface area contributed by atoms with E-state index in [0.29, 0.717) is 6.61 Å². The Morgan fingerprint density at radius 1 is 1.37 bits per heavy atom. The summed E-state index contributed by atoms with van der Waals surface area (Å²) in [6, 6.07) is 6.36. The van der Waals surface area contributed by atoms with Gasteiger partial charge in [-0.25, -0.2) is 4.39 Å². The molecule has 2 rings (SSSR count). The predicted molar refractivity (Wildman–Crippen MR) is 69.0 cm³/mol. The van der Waals surface area contributed by atoms with E-state index in [9.17, 15) is 4.39 Å². The summed E-state index contributed by atoms with van der Waals surface area (Å²) >= 11 is 0. The Morgan fingerprint density at radius 2 is 2.16 bits per heavy atom. The third kappa shape index (κ3) is 3.76. The van der Waals surface area contributed by atoms with Crippen LogP contribution in [0, 0.1) is 17.1 Å². The second-order valence-electron chi connectivity index (χ2n) is 4.88. The van der Waals surface area contributed by atoms with Gasteiger partial charge in [0.15, 0.2) is 0 Å². The number of rotatable bonds is 4. The molecule has 102 valence electrons. The maximum Gasteiger partial charge on any atom is 0.140 e. The molecule has 1 saturated carbocycles. The van der Waals surface area contributed by atoms with Gasteiger partial charge in [-0.2, -0.15) is 5.26 Å². The lowest BCUT2D eigenvalue weighted by Crippen LogP contribution is -2.27. The lowest BCUT2D eigenvalue weighted by Gasteiger charge is -2.28. The molecular weight excluding hydrogens is 245 g/mol. The molecule has 4 heteroatoms. The average Bonchev–Trinajstić information content (AvgIpc) is 2.46. The van der Waals surface area contributed by atoms with Gasteiger partial charge < -0.3 is 9.47 Å². The highest BCUT2D eigenvalue weighted by Gasteiger charge is 2.22. The van der Waals surface area contributed by atoms with Crippen molar-refractivity contribution in [3.05, 3.63) is 35.1 Å². The van der Waals surface area contributed by atoms with Crippen LogP contribution >= 0.6 is 0 Å². The summed E-state index contributed by atoms with van der Waals surface area (Å²) in [6.45, 7) is 0.413. The molecule has 0 aliphatic heterocycles. The number of nitriles is 1. The summed E-state index contributed by atoms with van der Waals surface area (Å²) in [6.07, 6.45) is 4.60. The number of hydrogen-bond acceptors (Lipinski definition) is 3. The quantitative estimate of drug-likeness (QED) is 0.838. The van der Waals surface area contributed by atoms with Crippen molar-refractivity contribution < 1.29 is 13.9 Å². The van der Waals surface area contributed by atoms with Crippen LogP contribution in [0.3, 0.4) is 0 Å². The van der Waals surface area contributed by atoms with Crippen molar-refractivity contribution in [1.29, 1.82) is 5.26 Å². The third-order valence-electron chi connectivity index (χ3n) is 3.55. The van der Waals surface area contributed by atoms with E-state index in [1.807, 2.05) is 6.07 Å². The minimum absolute atomic E-state index is 0.0690. The van der Waals surface area contributed by atoms with Gasteiger partial charge in [0.2, 0.25) is 0 Å². The molecule has 1 aliphatic rings. The molecule has 0 saturated heterocycles. The molecule has 0 radical (unpaired) electrons. The van der Waals surface area contributed by atoms with Crippen LogP contribution in [0.25, 0.3) is 0 Å². The van der Waals surface area contributed by atoms with E-state index in [1.165, 1.54) is 6.07 Å². The zero-order chi connectivity index (χ0) is 13.7. The molecule has 2 unspecified atom stereocenters. The number of halogens is 1. The van der Waals surface area contributed by atoms with Crippen LogP contribution in [0.5, 0.6) is 0 Å². The van der Waals surface area contributed by atoms with Crippen LogP contribution in [0.15, 0.2) is 18.2 Å². The average molecular weight is 263 g/mol. The second kappa shape index (κ2) is 6.65. The predicted octanol–water partition coefficient (Wildman–Crippen LogP) is 3.17. The molecule has 0 aromatic heterocycles.